The van der Waals surface area contributed by atoms with Gasteiger partial charge in [0.1, 0.15) is 0 Å². The molecule has 3 saturated heterocycles. The van der Waals surface area contributed by atoms with Crippen LogP contribution in [0.1, 0.15) is 39.5 Å². The Morgan fingerprint density at radius 2 is 1.89 bits per heavy atom. The molecule has 0 aliphatic carbocycles. The molecule has 1 spiro atoms. The van der Waals surface area contributed by atoms with Crippen molar-refractivity contribution < 1.29 is 0 Å². The molecule has 0 saturated carbocycles. The van der Waals surface area contributed by atoms with Crippen LogP contribution in [0.3, 0.4) is 0 Å². The van der Waals surface area contributed by atoms with E-state index >= 15 is 0 Å². The molecule has 3 fully saturated rings. The largest absolute Gasteiger partial charge is 0.316 e. The van der Waals surface area contributed by atoms with Crippen molar-refractivity contribution in [2.45, 2.75) is 45.6 Å². The van der Waals surface area contributed by atoms with Gasteiger partial charge in [-0.3, -0.25) is 0 Å². The van der Waals surface area contributed by atoms with Crippen LogP contribution in [0, 0.1) is 11.3 Å². The van der Waals surface area contributed by atoms with Crippen molar-refractivity contribution in [1.82, 2.24) is 15.1 Å². The molecular weight excluding hydrogens is 234 g/mol. The molecule has 0 aromatic heterocycles. The fourth-order valence-corrected chi connectivity index (χ4v) is 4.26. The highest BCUT2D eigenvalue weighted by Crippen LogP contribution is 2.41. The SMILES string of the molecule is CC(C)N1CCC2(CCN(CC3CCNC3)CC2)C1. The normalized spacial score (nSPS) is 32.7. The monoisotopic (exact) mass is 265 g/mol. The van der Waals surface area contributed by atoms with Crippen LogP contribution < -0.4 is 5.32 Å². The van der Waals surface area contributed by atoms with E-state index < -0.39 is 0 Å². The van der Waals surface area contributed by atoms with Crippen molar-refractivity contribution in [3.63, 3.8) is 0 Å². The van der Waals surface area contributed by atoms with E-state index in [2.05, 4.69) is 29.0 Å². The van der Waals surface area contributed by atoms with Crippen LogP contribution in [0.2, 0.25) is 0 Å². The third kappa shape index (κ3) is 3.14. The van der Waals surface area contributed by atoms with E-state index in [4.69, 9.17) is 0 Å². The number of rotatable bonds is 3. The van der Waals surface area contributed by atoms with Gasteiger partial charge in [-0.15, -0.1) is 0 Å². The van der Waals surface area contributed by atoms with Crippen LogP contribution in [-0.2, 0) is 0 Å². The van der Waals surface area contributed by atoms with Crippen LogP contribution in [0.5, 0.6) is 0 Å². The lowest BCUT2D eigenvalue weighted by molar-refractivity contribution is 0.0937. The maximum absolute atomic E-state index is 3.50. The summed E-state index contributed by atoms with van der Waals surface area (Å²) < 4.78 is 0. The molecule has 3 rings (SSSR count). The van der Waals surface area contributed by atoms with Gasteiger partial charge in [-0.1, -0.05) is 0 Å². The zero-order chi connectivity index (χ0) is 13.3. The highest BCUT2D eigenvalue weighted by molar-refractivity contribution is 4.95. The summed E-state index contributed by atoms with van der Waals surface area (Å²) in [6, 6.07) is 0.738. The molecule has 0 aromatic carbocycles. The summed E-state index contributed by atoms with van der Waals surface area (Å²) in [4.78, 5) is 5.43. The molecule has 0 aromatic rings. The Morgan fingerprint density at radius 1 is 1.16 bits per heavy atom. The minimum absolute atomic E-state index is 0.675. The second kappa shape index (κ2) is 5.71. The maximum Gasteiger partial charge on any atom is 0.00421 e. The first-order valence-electron chi connectivity index (χ1n) is 8.34. The highest BCUT2D eigenvalue weighted by Gasteiger charge is 2.41. The van der Waals surface area contributed by atoms with E-state index in [0.717, 1.165) is 12.0 Å². The molecule has 110 valence electrons. The predicted molar refractivity (Wildman–Crippen MR) is 80.4 cm³/mol. The average Bonchev–Trinajstić information content (AvgIpc) is 3.03. The average molecular weight is 265 g/mol. The Morgan fingerprint density at radius 3 is 2.47 bits per heavy atom. The summed E-state index contributed by atoms with van der Waals surface area (Å²) in [5.74, 6) is 0.921. The Labute approximate surface area is 118 Å². The van der Waals surface area contributed by atoms with Crippen molar-refractivity contribution in [2.24, 2.45) is 11.3 Å². The molecule has 19 heavy (non-hydrogen) atoms. The van der Waals surface area contributed by atoms with Crippen LogP contribution in [0.25, 0.3) is 0 Å². The third-order valence-corrected chi connectivity index (χ3v) is 5.79. The first-order chi connectivity index (χ1) is 9.17. The van der Waals surface area contributed by atoms with Gasteiger partial charge in [-0.2, -0.15) is 0 Å². The van der Waals surface area contributed by atoms with E-state index in [9.17, 15) is 0 Å². The van der Waals surface area contributed by atoms with Crippen LogP contribution in [-0.4, -0.2) is 61.7 Å². The van der Waals surface area contributed by atoms with Gasteiger partial charge in [0.25, 0.3) is 0 Å². The number of hydrogen-bond acceptors (Lipinski definition) is 3. The first kappa shape index (κ1) is 13.8. The van der Waals surface area contributed by atoms with Gasteiger partial charge in [-0.25, -0.2) is 0 Å². The zero-order valence-electron chi connectivity index (χ0n) is 12.8. The van der Waals surface area contributed by atoms with Crippen molar-refractivity contribution in [1.29, 1.82) is 0 Å². The maximum atomic E-state index is 3.50. The van der Waals surface area contributed by atoms with Gasteiger partial charge >= 0.3 is 0 Å². The fraction of sp³-hybridized carbons (Fsp3) is 1.00. The van der Waals surface area contributed by atoms with Gasteiger partial charge in [-0.05, 0) is 83.6 Å². The molecule has 3 aliphatic heterocycles. The highest BCUT2D eigenvalue weighted by atomic mass is 15.2. The van der Waals surface area contributed by atoms with Crippen molar-refractivity contribution >= 4 is 0 Å². The van der Waals surface area contributed by atoms with Crippen molar-refractivity contribution in [3.05, 3.63) is 0 Å². The quantitative estimate of drug-likeness (QED) is 0.839. The summed E-state index contributed by atoms with van der Waals surface area (Å²) in [6.07, 6.45) is 5.72. The Bertz CT molecular complexity index is 288. The molecule has 1 atom stereocenters. The molecule has 3 heterocycles. The number of hydrogen-bond donors (Lipinski definition) is 1. The van der Waals surface area contributed by atoms with E-state index in [-0.39, 0.29) is 0 Å². The van der Waals surface area contributed by atoms with Gasteiger partial charge in [0.2, 0.25) is 0 Å². The van der Waals surface area contributed by atoms with Crippen LogP contribution in [0.15, 0.2) is 0 Å². The number of likely N-dealkylation sites (tertiary alicyclic amines) is 2. The lowest BCUT2D eigenvalue weighted by Crippen LogP contribution is -2.44. The third-order valence-electron chi connectivity index (χ3n) is 5.79. The Hall–Kier alpha value is -0.120. The Balaban J connectivity index is 1.46. The topological polar surface area (TPSA) is 18.5 Å². The summed E-state index contributed by atoms with van der Waals surface area (Å²) >= 11 is 0. The molecular formula is C16H31N3. The van der Waals surface area contributed by atoms with E-state index in [0.29, 0.717) is 5.41 Å². The lowest BCUT2D eigenvalue weighted by Gasteiger charge is -2.40. The molecule has 0 radical (unpaired) electrons. The molecule has 0 bridgehead atoms. The van der Waals surface area contributed by atoms with Crippen molar-refractivity contribution in [2.75, 3.05) is 45.8 Å². The molecule has 1 N–H and O–H groups in total. The van der Waals surface area contributed by atoms with E-state index in [1.54, 1.807) is 0 Å². The van der Waals surface area contributed by atoms with E-state index in [1.807, 2.05) is 0 Å². The number of nitrogens with one attached hydrogen (secondary N) is 1. The fourth-order valence-electron chi connectivity index (χ4n) is 4.26. The van der Waals surface area contributed by atoms with Gasteiger partial charge in [0.05, 0.1) is 0 Å². The number of piperidine rings is 1. The van der Waals surface area contributed by atoms with Gasteiger partial charge < -0.3 is 15.1 Å². The van der Waals surface area contributed by atoms with E-state index in [1.165, 1.54) is 71.5 Å². The summed E-state index contributed by atoms with van der Waals surface area (Å²) in [6.45, 7) is 13.9. The first-order valence-corrected chi connectivity index (χ1v) is 8.34. The summed E-state index contributed by atoms with van der Waals surface area (Å²) in [7, 11) is 0. The standard InChI is InChI=1S/C16H31N3/c1-14(2)19-10-6-16(13-19)4-8-18(9-5-16)12-15-3-7-17-11-15/h14-15,17H,3-13H2,1-2H3. The smallest absolute Gasteiger partial charge is 0.00421 e. The molecule has 3 nitrogen and oxygen atoms in total. The second-order valence-electron chi connectivity index (χ2n) is 7.47. The van der Waals surface area contributed by atoms with Crippen LogP contribution >= 0.6 is 0 Å². The molecule has 1 unspecified atom stereocenters. The van der Waals surface area contributed by atoms with Crippen molar-refractivity contribution in [3.8, 4) is 0 Å². The minimum Gasteiger partial charge on any atom is -0.316 e. The summed E-state index contributed by atoms with van der Waals surface area (Å²) in [5, 5.41) is 3.50. The minimum atomic E-state index is 0.675. The van der Waals surface area contributed by atoms with Crippen LogP contribution in [0.4, 0.5) is 0 Å². The number of nitrogens with zero attached hydrogens (tertiary/aromatic N) is 2. The lowest BCUT2D eigenvalue weighted by atomic mass is 9.77. The predicted octanol–water partition coefficient (Wildman–Crippen LogP) is 1.79. The Kier molecular flexibility index (Phi) is 4.16. The second-order valence-corrected chi connectivity index (χ2v) is 7.47. The summed E-state index contributed by atoms with van der Waals surface area (Å²) in [5.41, 5.74) is 0.675. The zero-order valence-corrected chi connectivity index (χ0v) is 12.8. The molecule has 3 aliphatic rings. The van der Waals surface area contributed by atoms with Gasteiger partial charge in [0, 0.05) is 19.1 Å². The molecule has 0 amide bonds. The molecule has 3 heteroatoms. The van der Waals surface area contributed by atoms with Gasteiger partial charge in [0.15, 0.2) is 0 Å².